The lowest BCUT2D eigenvalue weighted by molar-refractivity contribution is 0.174. The van der Waals surface area contributed by atoms with Crippen LogP contribution in [0.1, 0.15) is 5.56 Å². The first-order valence-electron chi connectivity index (χ1n) is 6.24. The van der Waals surface area contributed by atoms with Crippen molar-refractivity contribution in [3.8, 4) is 34.6 Å². The first-order chi connectivity index (χ1) is 10.7. The van der Waals surface area contributed by atoms with Crippen LogP contribution in [0.2, 0.25) is 0 Å². The van der Waals surface area contributed by atoms with Gasteiger partial charge in [0, 0.05) is 11.6 Å². The summed E-state index contributed by atoms with van der Waals surface area (Å²) in [4.78, 5) is 18.9. The highest BCUT2D eigenvalue weighted by Crippen LogP contribution is 2.42. The molecule has 0 saturated heterocycles. The van der Waals surface area contributed by atoms with Crippen molar-refractivity contribution in [2.45, 2.75) is 5.16 Å². The number of hydrogen-bond donors (Lipinski definition) is 1. The number of methoxy groups -OCH3 is 1. The van der Waals surface area contributed by atoms with Gasteiger partial charge in [-0.3, -0.25) is 4.79 Å². The van der Waals surface area contributed by atoms with E-state index in [-0.39, 0.29) is 18.1 Å². The Labute approximate surface area is 129 Å². The molecule has 1 aliphatic rings. The lowest BCUT2D eigenvalue weighted by atomic mass is 10.1. The van der Waals surface area contributed by atoms with E-state index in [1.807, 2.05) is 6.07 Å². The van der Waals surface area contributed by atoms with E-state index in [0.717, 1.165) is 0 Å². The zero-order valence-electron chi connectivity index (χ0n) is 11.8. The van der Waals surface area contributed by atoms with Crippen LogP contribution in [0.3, 0.4) is 0 Å². The predicted octanol–water partition coefficient (Wildman–Crippen LogP) is 1.77. The Morgan fingerprint density at radius 1 is 1.41 bits per heavy atom. The van der Waals surface area contributed by atoms with Crippen molar-refractivity contribution in [2.75, 3.05) is 20.2 Å². The monoisotopic (exact) mass is 317 g/mol. The van der Waals surface area contributed by atoms with Gasteiger partial charge in [0.25, 0.3) is 5.56 Å². The lowest BCUT2D eigenvalue weighted by Crippen LogP contribution is -2.14. The minimum absolute atomic E-state index is 0.0741. The Bertz CT molecular complexity index is 841. The molecular formula is C14H11N3O4S. The highest BCUT2D eigenvalue weighted by Gasteiger charge is 2.22. The van der Waals surface area contributed by atoms with E-state index >= 15 is 0 Å². The van der Waals surface area contributed by atoms with Gasteiger partial charge in [0.1, 0.15) is 23.1 Å². The van der Waals surface area contributed by atoms with Gasteiger partial charge in [-0.15, -0.1) is 0 Å². The predicted molar refractivity (Wildman–Crippen MR) is 79.5 cm³/mol. The summed E-state index contributed by atoms with van der Waals surface area (Å²) in [5.74, 6) is 1.52. The Balaban J connectivity index is 2.30. The number of fused-ring (bicyclic) bond motifs is 1. The summed E-state index contributed by atoms with van der Waals surface area (Å²) in [7, 11) is 1.50. The van der Waals surface area contributed by atoms with Crippen molar-refractivity contribution < 1.29 is 14.2 Å². The molecule has 0 amide bonds. The molecule has 0 atom stereocenters. The fourth-order valence-electron chi connectivity index (χ4n) is 2.13. The molecule has 1 aliphatic heterocycles. The van der Waals surface area contributed by atoms with Gasteiger partial charge in [0.15, 0.2) is 16.7 Å². The van der Waals surface area contributed by atoms with Crippen molar-refractivity contribution in [2.24, 2.45) is 0 Å². The molecule has 0 fully saturated rings. The first-order valence-corrected chi connectivity index (χ1v) is 7.46. The summed E-state index contributed by atoms with van der Waals surface area (Å²) >= 11 is 1.28. The Morgan fingerprint density at radius 3 is 2.77 bits per heavy atom. The molecule has 7 nitrogen and oxygen atoms in total. The van der Waals surface area contributed by atoms with Crippen LogP contribution < -0.4 is 19.8 Å². The van der Waals surface area contributed by atoms with Gasteiger partial charge in [-0.25, -0.2) is 4.98 Å². The highest BCUT2D eigenvalue weighted by atomic mass is 32.2. The van der Waals surface area contributed by atoms with Crippen LogP contribution in [0.25, 0.3) is 11.3 Å². The zero-order valence-corrected chi connectivity index (χ0v) is 12.6. The van der Waals surface area contributed by atoms with E-state index in [1.165, 1.54) is 18.9 Å². The van der Waals surface area contributed by atoms with E-state index in [2.05, 4.69) is 9.97 Å². The number of aromatic amines is 1. The maximum absolute atomic E-state index is 12.0. The van der Waals surface area contributed by atoms with Crippen molar-refractivity contribution in [1.82, 2.24) is 9.97 Å². The van der Waals surface area contributed by atoms with Gasteiger partial charge in [0.05, 0.1) is 7.11 Å². The molecular weight excluding hydrogens is 306 g/mol. The number of ether oxygens (including phenoxy) is 3. The second-order valence-electron chi connectivity index (χ2n) is 4.32. The van der Waals surface area contributed by atoms with Crippen LogP contribution >= 0.6 is 11.8 Å². The molecule has 0 saturated carbocycles. The Hall–Kier alpha value is -2.66. The van der Waals surface area contributed by atoms with Crippen molar-refractivity contribution in [3.63, 3.8) is 0 Å². The van der Waals surface area contributed by atoms with Crippen LogP contribution in [0.4, 0.5) is 0 Å². The SMILES string of the molecule is COc1cc2c(cc1-c1nc(SC)[nH]c(=O)c1C#N)OCO2. The molecule has 3 rings (SSSR count). The van der Waals surface area contributed by atoms with Crippen LogP contribution in [0, 0.1) is 11.3 Å². The molecule has 0 spiro atoms. The fraction of sp³-hybridized carbons (Fsp3) is 0.214. The van der Waals surface area contributed by atoms with Crippen molar-refractivity contribution >= 4 is 11.8 Å². The number of nitrogens with one attached hydrogen (secondary N) is 1. The van der Waals surface area contributed by atoms with E-state index in [0.29, 0.717) is 28.0 Å². The number of hydrogen-bond acceptors (Lipinski definition) is 7. The van der Waals surface area contributed by atoms with Gasteiger partial charge in [-0.05, 0) is 12.3 Å². The largest absolute Gasteiger partial charge is 0.496 e. The number of nitriles is 1. The van der Waals surface area contributed by atoms with Gasteiger partial charge in [0.2, 0.25) is 6.79 Å². The second-order valence-corrected chi connectivity index (χ2v) is 5.11. The maximum atomic E-state index is 12.0. The average Bonchev–Trinajstić information content (AvgIpc) is 2.99. The standard InChI is InChI=1S/C14H11N3O4S/c1-19-9-4-11-10(20-6-21-11)3-7(9)12-8(5-15)13(18)17-14(16-12)22-2/h3-4H,6H2,1-2H3,(H,16,17,18). The van der Waals surface area contributed by atoms with Gasteiger partial charge >= 0.3 is 0 Å². The maximum Gasteiger partial charge on any atom is 0.270 e. The quantitative estimate of drug-likeness (QED) is 0.680. The number of aromatic nitrogens is 2. The van der Waals surface area contributed by atoms with Crippen molar-refractivity contribution in [3.05, 3.63) is 28.0 Å². The molecule has 0 bridgehead atoms. The molecule has 2 heterocycles. The van der Waals surface area contributed by atoms with E-state index in [1.54, 1.807) is 18.4 Å². The molecule has 1 aromatic heterocycles. The summed E-state index contributed by atoms with van der Waals surface area (Å²) in [5.41, 5.74) is 0.196. The average molecular weight is 317 g/mol. The van der Waals surface area contributed by atoms with E-state index in [9.17, 15) is 10.1 Å². The van der Waals surface area contributed by atoms with Crippen LogP contribution in [0.15, 0.2) is 22.1 Å². The number of nitrogens with zero attached hydrogens (tertiary/aromatic N) is 2. The molecule has 8 heteroatoms. The fourth-order valence-corrected chi connectivity index (χ4v) is 2.50. The number of rotatable bonds is 3. The van der Waals surface area contributed by atoms with Crippen LogP contribution in [0.5, 0.6) is 17.2 Å². The smallest absolute Gasteiger partial charge is 0.270 e. The minimum Gasteiger partial charge on any atom is -0.496 e. The van der Waals surface area contributed by atoms with Gasteiger partial charge in [-0.1, -0.05) is 11.8 Å². The summed E-state index contributed by atoms with van der Waals surface area (Å²) in [6.07, 6.45) is 1.78. The number of benzene rings is 1. The third-order valence-corrected chi connectivity index (χ3v) is 3.73. The van der Waals surface area contributed by atoms with E-state index < -0.39 is 5.56 Å². The number of H-pyrrole nitrogens is 1. The molecule has 0 radical (unpaired) electrons. The van der Waals surface area contributed by atoms with Crippen LogP contribution in [-0.2, 0) is 0 Å². The summed E-state index contributed by atoms with van der Waals surface area (Å²) in [5, 5.41) is 9.68. The van der Waals surface area contributed by atoms with E-state index in [4.69, 9.17) is 14.2 Å². The molecule has 2 aromatic rings. The second kappa shape index (κ2) is 5.61. The minimum atomic E-state index is -0.489. The third-order valence-electron chi connectivity index (χ3n) is 3.15. The lowest BCUT2D eigenvalue weighted by Gasteiger charge is -2.11. The van der Waals surface area contributed by atoms with Crippen LogP contribution in [-0.4, -0.2) is 30.1 Å². The molecule has 1 aromatic carbocycles. The summed E-state index contributed by atoms with van der Waals surface area (Å²) < 4.78 is 16.0. The van der Waals surface area contributed by atoms with Gasteiger partial charge < -0.3 is 19.2 Å². The molecule has 22 heavy (non-hydrogen) atoms. The summed E-state index contributed by atoms with van der Waals surface area (Å²) in [6, 6.07) is 5.20. The molecule has 0 unspecified atom stereocenters. The Kier molecular flexibility index (Phi) is 3.65. The van der Waals surface area contributed by atoms with Crippen molar-refractivity contribution in [1.29, 1.82) is 5.26 Å². The zero-order chi connectivity index (χ0) is 15.7. The molecule has 112 valence electrons. The Morgan fingerprint density at radius 2 is 2.14 bits per heavy atom. The van der Waals surface area contributed by atoms with Gasteiger partial charge in [-0.2, -0.15) is 5.26 Å². The summed E-state index contributed by atoms with van der Waals surface area (Å²) in [6.45, 7) is 0.117. The first kappa shape index (κ1) is 14.3. The molecule has 0 aliphatic carbocycles. The third kappa shape index (κ3) is 2.25. The highest BCUT2D eigenvalue weighted by molar-refractivity contribution is 7.98. The number of thioether (sulfide) groups is 1. The topological polar surface area (TPSA) is 97.2 Å². The molecule has 1 N–H and O–H groups in total. The normalized spacial score (nSPS) is 12.0.